The lowest BCUT2D eigenvalue weighted by molar-refractivity contribution is 0.564. The smallest absolute Gasteiger partial charge is 0.128 e. The molecular weight excluding hydrogens is 239 g/mol. The fourth-order valence-corrected chi connectivity index (χ4v) is 2.85. The average Bonchev–Trinajstić information content (AvgIpc) is 2.86. The Labute approximate surface area is 112 Å². The molecule has 2 nitrogen and oxygen atoms in total. The van der Waals surface area contributed by atoms with Gasteiger partial charge in [0.2, 0.25) is 0 Å². The summed E-state index contributed by atoms with van der Waals surface area (Å²) in [5.74, 6) is -0.178. The number of hydrogen-bond acceptors (Lipinski definition) is 2. The quantitative estimate of drug-likeness (QED) is 0.915. The monoisotopic (exact) mass is 256 g/mol. The SMILES string of the molecule is NCC(c1ccccc1F)N1CCc2ccccc21. The summed E-state index contributed by atoms with van der Waals surface area (Å²) in [5.41, 5.74) is 9.08. The van der Waals surface area contributed by atoms with Gasteiger partial charge in [0.1, 0.15) is 5.82 Å². The second-order valence-electron chi connectivity index (χ2n) is 4.85. The number of benzene rings is 2. The van der Waals surface area contributed by atoms with Crippen LogP contribution in [0.3, 0.4) is 0 Å². The first kappa shape index (κ1) is 12.2. The number of halogens is 1. The molecule has 0 radical (unpaired) electrons. The fraction of sp³-hybridized carbons (Fsp3) is 0.250. The van der Waals surface area contributed by atoms with E-state index in [1.54, 1.807) is 6.07 Å². The van der Waals surface area contributed by atoms with Crippen LogP contribution < -0.4 is 10.6 Å². The molecule has 3 heteroatoms. The summed E-state index contributed by atoms with van der Waals surface area (Å²) in [6, 6.07) is 15.1. The molecule has 0 aliphatic carbocycles. The second-order valence-corrected chi connectivity index (χ2v) is 4.85. The van der Waals surface area contributed by atoms with E-state index in [1.807, 2.05) is 24.3 Å². The van der Waals surface area contributed by atoms with E-state index in [1.165, 1.54) is 17.3 Å². The first-order valence-electron chi connectivity index (χ1n) is 6.60. The molecule has 19 heavy (non-hydrogen) atoms. The van der Waals surface area contributed by atoms with Crippen LogP contribution in [-0.4, -0.2) is 13.1 Å². The largest absolute Gasteiger partial charge is 0.363 e. The van der Waals surface area contributed by atoms with Gasteiger partial charge in [-0.15, -0.1) is 0 Å². The van der Waals surface area contributed by atoms with E-state index in [2.05, 4.69) is 17.0 Å². The predicted molar refractivity (Wildman–Crippen MR) is 75.7 cm³/mol. The molecule has 0 bridgehead atoms. The van der Waals surface area contributed by atoms with Gasteiger partial charge in [0.25, 0.3) is 0 Å². The van der Waals surface area contributed by atoms with Gasteiger partial charge in [-0.3, -0.25) is 0 Å². The van der Waals surface area contributed by atoms with Crippen molar-refractivity contribution in [3.8, 4) is 0 Å². The van der Waals surface area contributed by atoms with Crippen molar-refractivity contribution in [2.24, 2.45) is 5.73 Å². The number of nitrogens with two attached hydrogens (primary N) is 1. The van der Waals surface area contributed by atoms with Crippen LogP contribution in [0.1, 0.15) is 17.2 Å². The van der Waals surface area contributed by atoms with Crippen molar-refractivity contribution in [3.05, 3.63) is 65.5 Å². The lowest BCUT2D eigenvalue weighted by atomic mass is 10.0. The van der Waals surface area contributed by atoms with Crippen LogP contribution in [0, 0.1) is 5.82 Å². The Bertz CT molecular complexity index is 582. The van der Waals surface area contributed by atoms with E-state index in [0.717, 1.165) is 13.0 Å². The Kier molecular flexibility index (Phi) is 3.22. The molecule has 1 heterocycles. The van der Waals surface area contributed by atoms with Crippen LogP contribution in [0.5, 0.6) is 0 Å². The summed E-state index contributed by atoms with van der Waals surface area (Å²) in [7, 11) is 0. The maximum atomic E-state index is 14.0. The average molecular weight is 256 g/mol. The summed E-state index contributed by atoms with van der Waals surface area (Å²) in [4.78, 5) is 2.22. The molecule has 1 aliphatic heterocycles. The molecule has 2 N–H and O–H groups in total. The van der Waals surface area contributed by atoms with Crippen molar-refractivity contribution in [1.82, 2.24) is 0 Å². The topological polar surface area (TPSA) is 29.3 Å². The molecule has 0 saturated carbocycles. The number of anilines is 1. The fourth-order valence-electron chi connectivity index (χ4n) is 2.85. The van der Waals surface area contributed by atoms with Crippen LogP contribution in [0.25, 0.3) is 0 Å². The van der Waals surface area contributed by atoms with Crippen molar-refractivity contribution in [2.45, 2.75) is 12.5 Å². The highest BCUT2D eigenvalue weighted by Gasteiger charge is 2.27. The molecular formula is C16H17FN2. The van der Waals surface area contributed by atoms with Crippen molar-refractivity contribution >= 4 is 5.69 Å². The highest BCUT2D eigenvalue weighted by Crippen LogP contribution is 2.35. The van der Waals surface area contributed by atoms with Crippen molar-refractivity contribution < 1.29 is 4.39 Å². The Morgan fingerprint density at radius 3 is 2.63 bits per heavy atom. The normalized spacial score (nSPS) is 15.4. The van der Waals surface area contributed by atoms with Gasteiger partial charge in [0, 0.05) is 24.3 Å². The Morgan fingerprint density at radius 1 is 1.11 bits per heavy atom. The Balaban J connectivity index is 1.99. The van der Waals surface area contributed by atoms with E-state index in [-0.39, 0.29) is 11.9 Å². The van der Waals surface area contributed by atoms with Crippen molar-refractivity contribution in [2.75, 3.05) is 18.0 Å². The zero-order valence-electron chi connectivity index (χ0n) is 10.7. The zero-order chi connectivity index (χ0) is 13.2. The molecule has 0 spiro atoms. The van der Waals surface area contributed by atoms with Gasteiger partial charge in [-0.2, -0.15) is 0 Å². The maximum absolute atomic E-state index is 14.0. The van der Waals surface area contributed by atoms with E-state index < -0.39 is 0 Å². The highest BCUT2D eigenvalue weighted by atomic mass is 19.1. The van der Waals surface area contributed by atoms with Gasteiger partial charge in [-0.25, -0.2) is 4.39 Å². The number of nitrogens with zero attached hydrogens (tertiary/aromatic N) is 1. The van der Waals surface area contributed by atoms with Gasteiger partial charge in [0.15, 0.2) is 0 Å². The molecule has 3 rings (SSSR count). The lowest BCUT2D eigenvalue weighted by Crippen LogP contribution is -2.33. The van der Waals surface area contributed by atoms with Crippen molar-refractivity contribution in [3.63, 3.8) is 0 Å². The number of rotatable bonds is 3. The summed E-state index contributed by atoms with van der Waals surface area (Å²) >= 11 is 0. The first-order chi connectivity index (χ1) is 9.31. The number of fused-ring (bicyclic) bond motifs is 1. The Hall–Kier alpha value is -1.87. The van der Waals surface area contributed by atoms with Crippen LogP contribution in [0.15, 0.2) is 48.5 Å². The van der Waals surface area contributed by atoms with Crippen LogP contribution in [0.2, 0.25) is 0 Å². The van der Waals surface area contributed by atoms with Gasteiger partial charge in [0.05, 0.1) is 6.04 Å². The number of hydrogen-bond donors (Lipinski definition) is 1. The maximum Gasteiger partial charge on any atom is 0.128 e. The Morgan fingerprint density at radius 2 is 1.84 bits per heavy atom. The molecule has 1 unspecified atom stereocenters. The third-order valence-electron chi connectivity index (χ3n) is 3.79. The van der Waals surface area contributed by atoms with Gasteiger partial charge < -0.3 is 10.6 Å². The van der Waals surface area contributed by atoms with E-state index >= 15 is 0 Å². The molecule has 0 fully saturated rings. The summed E-state index contributed by atoms with van der Waals surface area (Å²) in [6.07, 6.45) is 1.00. The van der Waals surface area contributed by atoms with E-state index in [9.17, 15) is 4.39 Å². The van der Waals surface area contributed by atoms with Crippen LogP contribution in [-0.2, 0) is 6.42 Å². The van der Waals surface area contributed by atoms with Gasteiger partial charge in [-0.05, 0) is 24.1 Å². The minimum Gasteiger partial charge on any atom is -0.363 e. The minimum absolute atomic E-state index is 0.0927. The zero-order valence-corrected chi connectivity index (χ0v) is 10.7. The third-order valence-corrected chi connectivity index (χ3v) is 3.79. The van der Waals surface area contributed by atoms with Crippen molar-refractivity contribution in [1.29, 1.82) is 0 Å². The summed E-state index contributed by atoms with van der Waals surface area (Å²) in [6.45, 7) is 1.31. The van der Waals surface area contributed by atoms with Gasteiger partial charge in [-0.1, -0.05) is 36.4 Å². The standard InChI is InChI=1S/C16H17FN2/c17-14-7-3-2-6-13(14)16(11-18)19-10-9-12-5-1-4-8-15(12)19/h1-8,16H,9-11,18H2. The van der Waals surface area contributed by atoms with Crippen LogP contribution >= 0.6 is 0 Å². The molecule has 98 valence electrons. The predicted octanol–water partition coefficient (Wildman–Crippen LogP) is 2.89. The number of para-hydroxylation sites is 1. The molecule has 2 aromatic rings. The van der Waals surface area contributed by atoms with Gasteiger partial charge >= 0.3 is 0 Å². The van der Waals surface area contributed by atoms with Crippen LogP contribution in [0.4, 0.5) is 10.1 Å². The first-order valence-corrected chi connectivity index (χ1v) is 6.60. The molecule has 2 aromatic carbocycles. The molecule has 0 saturated heterocycles. The highest BCUT2D eigenvalue weighted by molar-refractivity contribution is 5.59. The molecule has 1 aliphatic rings. The molecule has 0 amide bonds. The molecule has 1 atom stereocenters. The third kappa shape index (κ3) is 2.10. The summed E-state index contributed by atoms with van der Waals surface area (Å²) in [5, 5.41) is 0. The molecule has 0 aromatic heterocycles. The second kappa shape index (κ2) is 5.02. The summed E-state index contributed by atoms with van der Waals surface area (Å²) < 4.78 is 14.0. The lowest BCUT2D eigenvalue weighted by Gasteiger charge is -2.30. The minimum atomic E-state index is -0.178. The van der Waals surface area contributed by atoms with E-state index in [4.69, 9.17) is 5.73 Å². The van der Waals surface area contributed by atoms with E-state index in [0.29, 0.717) is 12.1 Å².